The van der Waals surface area contributed by atoms with E-state index in [-0.39, 0.29) is 34.7 Å². The van der Waals surface area contributed by atoms with Crippen molar-refractivity contribution in [1.29, 1.82) is 0 Å². The van der Waals surface area contributed by atoms with Crippen LogP contribution in [0.25, 0.3) is 0 Å². The highest BCUT2D eigenvalue weighted by Crippen LogP contribution is 2.41. The molecule has 1 aromatic heterocycles. The number of anilines is 1. The van der Waals surface area contributed by atoms with Gasteiger partial charge in [0, 0.05) is 17.0 Å². The van der Waals surface area contributed by atoms with E-state index in [4.69, 9.17) is 36.8 Å². The Kier molecular flexibility index (Phi) is 8.93. The van der Waals surface area contributed by atoms with Gasteiger partial charge in [0.15, 0.2) is 10.8 Å². The van der Waals surface area contributed by atoms with Gasteiger partial charge in [-0.25, -0.2) is 14.6 Å². The topological polar surface area (TPSA) is 183 Å². The number of carboxylic acids is 1. The molecule has 206 valence electrons. The summed E-state index contributed by atoms with van der Waals surface area (Å²) in [5.74, 6) is -2.40. The van der Waals surface area contributed by atoms with E-state index in [0.717, 1.165) is 16.9 Å². The molecule has 1 aromatic carbocycles. The average molecular weight is 596 g/mol. The summed E-state index contributed by atoms with van der Waals surface area (Å²) in [5, 5.41) is 15.9. The average Bonchev–Trinajstić information content (AvgIpc) is 3.37. The van der Waals surface area contributed by atoms with Crippen LogP contribution in [-0.4, -0.2) is 81.2 Å². The van der Waals surface area contributed by atoms with Gasteiger partial charge in [0.1, 0.15) is 35.2 Å². The number of alkyl halides is 1. The Balaban J connectivity index is 1.46. The van der Waals surface area contributed by atoms with Crippen LogP contribution in [0.3, 0.4) is 0 Å². The fraction of sp³-hybridized carbons (Fsp3) is 0.304. The van der Waals surface area contributed by atoms with Crippen molar-refractivity contribution in [1.82, 2.24) is 15.2 Å². The summed E-state index contributed by atoms with van der Waals surface area (Å²) in [4.78, 5) is 59.9. The van der Waals surface area contributed by atoms with E-state index in [1.54, 1.807) is 31.4 Å². The van der Waals surface area contributed by atoms with E-state index in [0.29, 0.717) is 17.1 Å². The van der Waals surface area contributed by atoms with Gasteiger partial charge in [-0.1, -0.05) is 17.3 Å². The molecular formula is C23H22ClN5O8S2. The molecule has 39 heavy (non-hydrogen) atoms. The van der Waals surface area contributed by atoms with E-state index < -0.39 is 41.8 Å². The minimum absolute atomic E-state index is 0.0104. The first kappa shape index (κ1) is 28.2. The van der Waals surface area contributed by atoms with E-state index in [2.05, 4.69) is 15.5 Å². The van der Waals surface area contributed by atoms with E-state index in [9.17, 15) is 19.2 Å². The number of ether oxygens (including phenoxy) is 2. The Morgan fingerprint density at radius 1 is 1.31 bits per heavy atom. The van der Waals surface area contributed by atoms with Gasteiger partial charge >= 0.3 is 11.9 Å². The number of nitrogens with zero attached hydrogens (tertiary/aromatic N) is 3. The number of fused-ring (bicyclic) bond motifs is 1. The molecule has 0 spiro atoms. The van der Waals surface area contributed by atoms with Crippen molar-refractivity contribution in [3.8, 4) is 5.75 Å². The highest BCUT2D eigenvalue weighted by molar-refractivity contribution is 8.00. The number of aliphatic carboxylic acids is 1. The highest BCUT2D eigenvalue weighted by atomic mass is 35.5. The fourth-order valence-corrected chi connectivity index (χ4v) is 5.90. The molecule has 0 saturated carbocycles. The maximum atomic E-state index is 13.1. The first-order chi connectivity index (χ1) is 18.7. The van der Waals surface area contributed by atoms with Crippen LogP contribution in [0.4, 0.5) is 5.13 Å². The zero-order chi connectivity index (χ0) is 28.1. The number of esters is 1. The van der Waals surface area contributed by atoms with Crippen LogP contribution in [0.1, 0.15) is 11.3 Å². The molecule has 1 saturated heterocycles. The second-order valence-electron chi connectivity index (χ2n) is 8.05. The Morgan fingerprint density at radius 2 is 2.05 bits per heavy atom. The zero-order valence-electron chi connectivity index (χ0n) is 20.3. The molecular weight excluding hydrogens is 574 g/mol. The molecule has 4 N–H and O–H groups in total. The normalized spacial score (nSPS) is 18.7. The number of carboxylic acid groups (broad SMARTS) is 1. The summed E-state index contributed by atoms with van der Waals surface area (Å²) in [6, 6.07) is 5.95. The quantitative estimate of drug-likeness (QED) is 0.111. The molecule has 0 bridgehead atoms. The Bertz CT molecular complexity index is 1350. The predicted octanol–water partition coefficient (Wildman–Crippen LogP) is 1.18. The number of thioether (sulfide) groups is 1. The van der Waals surface area contributed by atoms with Crippen molar-refractivity contribution in [2.45, 2.75) is 18.0 Å². The monoisotopic (exact) mass is 595 g/mol. The number of halogens is 1. The summed E-state index contributed by atoms with van der Waals surface area (Å²) in [6.45, 7) is -0.826. The number of nitrogen functional groups attached to an aromatic ring is 1. The van der Waals surface area contributed by atoms with Gasteiger partial charge in [0.2, 0.25) is 6.61 Å². The van der Waals surface area contributed by atoms with Crippen LogP contribution in [0.5, 0.6) is 5.75 Å². The molecule has 2 aliphatic rings. The fourth-order valence-electron chi connectivity index (χ4n) is 3.68. The molecule has 1 fully saturated rings. The molecule has 13 nitrogen and oxygen atoms in total. The lowest BCUT2D eigenvalue weighted by molar-refractivity contribution is -0.153. The number of benzene rings is 1. The van der Waals surface area contributed by atoms with Crippen molar-refractivity contribution in [2.24, 2.45) is 5.16 Å². The third-order valence-electron chi connectivity index (χ3n) is 5.54. The molecule has 2 aliphatic heterocycles. The third-order valence-corrected chi connectivity index (χ3v) is 7.88. The van der Waals surface area contributed by atoms with Crippen LogP contribution < -0.4 is 15.8 Å². The van der Waals surface area contributed by atoms with Crippen molar-refractivity contribution in [2.75, 3.05) is 31.1 Å². The lowest BCUT2D eigenvalue weighted by Crippen LogP contribution is -2.71. The van der Waals surface area contributed by atoms with Gasteiger partial charge in [-0.05, 0) is 23.3 Å². The van der Waals surface area contributed by atoms with Crippen LogP contribution in [0, 0.1) is 0 Å². The minimum atomic E-state index is -1.30. The van der Waals surface area contributed by atoms with Crippen molar-refractivity contribution < 1.29 is 38.6 Å². The van der Waals surface area contributed by atoms with Crippen LogP contribution >= 0.6 is 34.7 Å². The molecule has 2 aromatic rings. The lowest BCUT2D eigenvalue weighted by Gasteiger charge is -2.49. The number of thiazole rings is 1. The number of rotatable bonds is 11. The Morgan fingerprint density at radius 3 is 2.67 bits per heavy atom. The summed E-state index contributed by atoms with van der Waals surface area (Å²) >= 11 is 8.42. The Labute approximate surface area is 234 Å². The first-order valence-electron chi connectivity index (χ1n) is 11.2. The zero-order valence-corrected chi connectivity index (χ0v) is 22.7. The van der Waals surface area contributed by atoms with Crippen molar-refractivity contribution in [3.05, 3.63) is 52.2 Å². The van der Waals surface area contributed by atoms with E-state index >= 15 is 0 Å². The SMILES string of the molecule is COc1ccc(COC(=O)C2=C(CCl)CS[C@@H]3[C@H](NC(=O)/C(=N\OCC(=O)O)c4csc(N)n4)C(=O)N23)cc1. The molecule has 4 rings (SSSR count). The number of β-lactam (4-membered cyclic amide) rings is 1. The summed E-state index contributed by atoms with van der Waals surface area (Å²) in [5.41, 5.74) is 6.63. The second-order valence-corrected chi connectivity index (χ2v) is 10.3. The number of amides is 2. The number of oxime groups is 1. The molecule has 0 unspecified atom stereocenters. The van der Waals surface area contributed by atoms with Crippen molar-refractivity contribution in [3.63, 3.8) is 0 Å². The van der Waals surface area contributed by atoms with Crippen LogP contribution in [0.2, 0.25) is 0 Å². The second kappa shape index (κ2) is 12.4. The summed E-state index contributed by atoms with van der Waals surface area (Å²) < 4.78 is 10.6. The highest BCUT2D eigenvalue weighted by Gasteiger charge is 2.54. The number of hydrogen-bond acceptors (Lipinski definition) is 12. The number of carbonyl (C=O) groups excluding carboxylic acids is 3. The number of aromatic nitrogens is 1. The van der Waals surface area contributed by atoms with E-state index in [1.807, 2.05) is 0 Å². The van der Waals surface area contributed by atoms with Crippen molar-refractivity contribution >= 4 is 69.3 Å². The lowest BCUT2D eigenvalue weighted by atomic mass is 10.0. The molecule has 0 aliphatic carbocycles. The maximum Gasteiger partial charge on any atom is 0.355 e. The van der Waals surface area contributed by atoms with Gasteiger partial charge in [-0.2, -0.15) is 0 Å². The number of hydrogen-bond donors (Lipinski definition) is 3. The number of carbonyl (C=O) groups is 4. The number of methoxy groups -OCH3 is 1. The third kappa shape index (κ3) is 6.26. The van der Waals surface area contributed by atoms with Gasteiger partial charge in [0.25, 0.3) is 11.8 Å². The summed E-state index contributed by atoms with van der Waals surface area (Å²) in [6.07, 6.45) is 0. The predicted molar refractivity (Wildman–Crippen MR) is 142 cm³/mol. The molecule has 2 atom stereocenters. The molecule has 16 heteroatoms. The van der Waals surface area contributed by atoms with Crippen LogP contribution in [0.15, 0.2) is 46.1 Å². The van der Waals surface area contributed by atoms with Gasteiger partial charge in [0.05, 0.1) is 7.11 Å². The summed E-state index contributed by atoms with van der Waals surface area (Å²) in [7, 11) is 1.54. The number of nitrogens with one attached hydrogen (secondary N) is 1. The van der Waals surface area contributed by atoms with Gasteiger partial charge < -0.3 is 30.5 Å². The first-order valence-corrected chi connectivity index (χ1v) is 13.7. The minimum Gasteiger partial charge on any atom is -0.497 e. The van der Waals surface area contributed by atoms with Gasteiger partial charge in [-0.3, -0.25) is 14.5 Å². The molecule has 3 heterocycles. The largest absolute Gasteiger partial charge is 0.497 e. The van der Waals surface area contributed by atoms with E-state index in [1.165, 1.54) is 22.0 Å². The Hall–Kier alpha value is -3.82. The number of nitrogens with two attached hydrogens (primary N) is 1. The van der Waals surface area contributed by atoms with Gasteiger partial charge in [-0.15, -0.1) is 34.7 Å². The van der Waals surface area contributed by atoms with Crippen LogP contribution in [-0.2, 0) is 35.4 Å². The molecule has 2 amide bonds. The maximum absolute atomic E-state index is 13.1. The smallest absolute Gasteiger partial charge is 0.355 e. The standard InChI is InChI=1S/C23H22ClN5O8S2/c1-35-13-4-2-11(3-5-13)7-36-22(34)18-12(6-24)9-38-21-17(20(33)29(18)21)27-19(32)16(28-37-8-15(30)31)14-10-39-23(25)26-14/h2-5,10,17,21H,6-9H2,1H3,(H2,25,26)(H,27,32)(H,30,31)/b28-16-/t17-,21-/m1/s1. The molecule has 0 radical (unpaired) electrons.